The molecule has 6 heteroatoms. The minimum absolute atomic E-state index is 0.144. The fourth-order valence-electron chi connectivity index (χ4n) is 2.28. The standard InChI is InChI=1S/C17H20N4O2/c1-10(22)20-14-5-3-12(16(18)8-14)7-13-4-6-15(9-17(13)19)21-11(2)23/h3-6,8-9H,7,18-19H2,1-2H3,(H,20,22)(H,21,23). The molecule has 2 amide bonds. The molecule has 0 radical (unpaired) electrons. The van der Waals surface area contributed by atoms with Crippen molar-refractivity contribution in [2.24, 2.45) is 0 Å². The van der Waals surface area contributed by atoms with Gasteiger partial charge in [-0.15, -0.1) is 0 Å². The highest BCUT2D eigenvalue weighted by molar-refractivity contribution is 5.90. The molecule has 6 nitrogen and oxygen atoms in total. The number of hydrogen-bond acceptors (Lipinski definition) is 4. The normalized spacial score (nSPS) is 10.2. The molecule has 2 rings (SSSR count). The second kappa shape index (κ2) is 6.83. The van der Waals surface area contributed by atoms with Gasteiger partial charge in [0.1, 0.15) is 0 Å². The molecule has 0 unspecified atom stereocenters. The van der Waals surface area contributed by atoms with Gasteiger partial charge in [0.05, 0.1) is 0 Å². The summed E-state index contributed by atoms with van der Waals surface area (Å²) in [6, 6.07) is 10.8. The van der Waals surface area contributed by atoms with Gasteiger partial charge in [0.25, 0.3) is 0 Å². The zero-order valence-electron chi connectivity index (χ0n) is 13.1. The van der Waals surface area contributed by atoms with Crippen LogP contribution in [0.5, 0.6) is 0 Å². The van der Waals surface area contributed by atoms with Gasteiger partial charge < -0.3 is 22.1 Å². The zero-order chi connectivity index (χ0) is 17.0. The minimum atomic E-state index is -0.144. The van der Waals surface area contributed by atoms with E-state index in [9.17, 15) is 9.59 Å². The molecule has 0 bridgehead atoms. The van der Waals surface area contributed by atoms with E-state index in [1.54, 1.807) is 24.3 Å². The summed E-state index contributed by atoms with van der Waals surface area (Å²) < 4.78 is 0. The quantitative estimate of drug-likeness (QED) is 0.649. The Hall–Kier alpha value is -3.02. The van der Waals surface area contributed by atoms with Crippen LogP contribution in [-0.2, 0) is 16.0 Å². The summed E-state index contributed by atoms with van der Waals surface area (Å²) in [7, 11) is 0. The van der Waals surface area contributed by atoms with Gasteiger partial charge in [-0.1, -0.05) is 12.1 Å². The number of rotatable bonds is 4. The summed E-state index contributed by atoms with van der Waals surface area (Å²) in [5, 5.41) is 5.38. The summed E-state index contributed by atoms with van der Waals surface area (Å²) in [6.07, 6.45) is 0.568. The maximum absolute atomic E-state index is 11.1. The van der Waals surface area contributed by atoms with E-state index in [2.05, 4.69) is 10.6 Å². The van der Waals surface area contributed by atoms with Crippen LogP contribution >= 0.6 is 0 Å². The van der Waals surface area contributed by atoms with Gasteiger partial charge in [-0.2, -0.15) is 0 Å². The maximum Gasteiger partial charge on any atom is 0.221 e. The molecule has 0 heterocycles. The first-order valence-electron chi connectivity index (χ1n) is 7.17. The van der Waals surface area contributed by atoms with Crippen LogP contribution in [0.2, 0.25) is 0 Å². The first-order valence-corrected chi connectivity index (χ1v) is 7.17. The molecule has 0 aromatic heterocycles. The lowest BCUT2D eigenvalue weighted by molar-refractivity contribution is -0.115. The number of carbonyl (C=O) groups is 2. The van der Waals surface area contributed by atoms with E-state index < -0.39 is 0 Å². The predicted molar refractivity (Wildman–Crippen MR) is 93.1 cm³/mol. The van der Waals surface area contributed by atoms with Crippen LogP contribution in [0.1, 0.15) is 25.0 Å². The summed E-state index contributed by atoms with van der Waals surface area (Å²) in [5.74, 6) is -0.287. The Balaban J connectivity index is 2.18. The van der Waals surface area contributed by atoms with Crippen molar-refractivity contribution in [3.63, 3.8) is 0 Å². The van der Waals surface area contributed by atoms with Crippen LogP contribution in [0.15, 0.2) is 36.4 Å². The van der Waals surface area contributed by atoms with Crippen molar-refractivity contribution >= 4 is 34.6 Å². The number of hydrogen-bond donors (Lipinski definition) is 4. The average Bonchev–Trinajstić information content (AvgIpc) is 2.43. The third kappa shape index (κ3) is 4.47. The Morgan fingerprint density at radius 3 is 1.52 bits per heavy atom. The van der Waals surface area contributed by atoms with Gasteiger partial charge in [-0.05, 0) is 35.4 Å². The molecule has 23 heavy (non-hydrogen) atoms. The Labute approximate surface area is 134 Å². The molecule has 0 aliphatic carbocycles. The third-order valence-corrected chi connectivity index (χ3v) is 3.31. The smallest absolute Gasteiger partial charge is 0.221 e. The van der Waals surface area contributed by atoms with E-state index in [0.717, 1.165) is 11.1 Å². The zero-order valence-corrected chi connectivity index (χ0v) is 13.1. The molecule has 0 saturated heterocycles. The Bertz CT molecular complexity index is 693. The van der Waals surface area contributed by atoms with Gasteiger partial charge in [-0.25, -0.2) is 0 Å². The van der Waals surface area contributed by atoms with Crippen molar-refractivity contribution < 1.29 is 9.59 Å². The highest BCUT2D eigenvalue weighted by atomic mass is 16.2. The fraction of sp³-hybridized carbons (Fsp3) is 0.176. The van der Waals surface area contributed by atoms with Crippen molar-refractivity contribution in [1.29, 1.82) is 0 Å². The number of nitrogens with one attached hydrogen (secondary N) is 2. The van der Waals surface area contributed by atoms with Crippen LogP contribution in [0.4, 0.5) is 22.7 Å². The summed E-state index contributed by atoms with van der Waals surface area (Å²) in [6.45, 7) is 2.89. The highest BCUT2D eigenvalue weighted by Crippen LogP contribution is 2.25. The second-order valence-electron chi connectivity index (χ2n) is 5.37. The molecular formula is C17H20N4O2. The van der Waals surface area contributed by atoms with Crippen molar-refractivity contribution in [2.45, 2.75) is 20.3 Å². The predicted octanol–water partition coefficient (Wildman–Crippen LogP) is 2.36. The summed E-state index contributed by atoms with van der Waals surface area (Å²) in [5.41, 5.74) is 16.4. The number of anilines is 4. The molecule has 2 aromatic carbocycles. The number of benzene rings is 2. The molecule has 0 fully saturated rings. The highest BCUT2D eigenvalue weighted by Gasteiger charge is 2.07. The first kappa shape index (κ1) is 16.4. The molecule has 0 aliphatic heterocycles. The monoisotopic (exact) mass is 312 g/mol. The Morgan fingerprint density at radius 2 is 1.22 bits per heavy atom. The number of carbonyl (C=O) groups excluding carboxylic acids is 2. The van der Waals surface area contributed by atoms with E-state index in [1.807, 2.05) is 12.1 Å². The van der Waals surface area contributed by atoms with Gasteiger partial charge in [-0.3, -0.25) is 9.59 Å². The van der Waals surface area contributed by atoms with Crippen LogP contribution in [-0.4, -0.2) is 11.8 Å². The largest absolute Gasteiger partial charge is 0.398 e. The van der Waals surface area contributed by atoms with Crippen LogP contribution < -0.4 is 22.1 Å². The fourth-order valence-corrected chi connectivity index (χ4v) is 2.28. The number of amides is 2. The van der Waals surface area contributed by atoms with Gasteiger partial charge >= 0.3 is 0 Å². The lowest BCUT2D eigenvalue weighted by atomic mass is 10.0. The van der Waals surface area contributed by atoms with Crippen LogP contribution in [0.25, 0.3) is 0 Å². The van der Waals surface area contributed by atoms with Gasteiger partial charge in [0, 0.05) is 43.0 Å². The van der Waals surface area contributed by atoms with E-state index in [0.29, 0.717) is 29.2 Å². The first-order chi connectivity index (χ1) is 10.8. The van der Waals surface area contributed by atoms with E-state index in [4.69, 9.17) is 11.5 Å². The van der Waals surface area contributed by atoms with E-state index >= 15 is 0 Å². The van der Waals surface area contributed by atoms with Gasteiger partial charge in [0.15, 0.2) is 0 Å². The lowest BCUT2D eigenvalue weighted by Gasteiger charge is -2.12. The second-order valence-corrected chi connectivity index (χ2v) is 5.37. The van der Waals surface area contributed by atoms with Crippen molar-refractivity contribution in [3.05, 3.63) is 47.5 Å². The topological polar surface area (TPSA) is 110 Å². The lowest BCUT2D eigenvalue weighted by Crippen LogP contribution is -2.08. The molecule has 120 valence electrons. The number of nitrogen functional groups attached to an aromatic ring is 2. The van der Waals surface area contributed by atoms with Crippen LogP contribution in [0, 0.1) is 0 Å². The third-order valence-electron chi connectivity index (χ3n) is 3.31. The molecule has 6 N–H and O–H groups in total. The molecule has 0 aliphatic rings. The number of nitrogens with two attached hydrogens (primary N) is 2. The van der Waals surface area contributed by atoms with Crippen LogP contribution in [0.3, 0.4) is 0 Å². The Kier molecular flexibility index (Phi) is 4.85. The summed E-state index contributed by atoms with van der Waals surface area (Å²) in [4.78, 5) is 22.1. The minimum Gasteiger partial charge on any atom is -0.398 e. The van der Waals surface area contributed by atoms with Gasteiger partial charge in [0.2, 0.25) is 11.8 Å². The molecule has 0 spiro atoms. The molecule has 2 aromatic rings. The molecular weight excluding hydrogens is 292 g/mol. The van der Waals surface area contributed by atoms with E-state index in [1.165, 1.54) is 13.8 Å². The van der Waals surface area contributed by atoms with E-state index in [-0.39, 0.29) is 11.8 Å². The molecule has 0 atom stereocenters. The molecule has 0 saturated carbocycles. The van der Waals surface area contributed by atoms with Crippen molar-refractivity contribution in [1.82, 2.24) is 0 Å². The Morgan fingerprint density at radius 1 is 0.826 bits per heavy atom. The SMILES string of the molecule is CC(=O)Nc1ccc(Cc2ccc(NC(C)=O)cc2N)c(N)c1. The maximum atomic E-state index is 11.1. The van der Waals surface area contributed by atoms with Crippen molar-refractivity contribution in [2.75, 3.05) is 22.1 Å². The van der Waals surface area contributed by atoms with Crippen molar-refractivity contribution in [3.8, 4) is 0 Å². The average molecular weight is 312 g/mol. The summed E-state index contributed by atoms with van der Waals surface area (Å²) >= 11 is 0.